The summed E-state index contributed by atoms with van der Waals surface area (Å²) in [6.07, 6.45) is 0.589. The van der Waals surface area contributed by atoms with Crippen molar-refractivity contribution in [2.24, 2.45) is 0 Å². The van der Waals surface area contributed by atoms with Crippen molar-refractivity contribution < 1.29 is 18.9 Å². The van der Waals surface area contributed by atoms with Gasteiger partial charge in [0.05, 0.1) is 6.16 Å². The molecule has 54 valence electrons. The number of rotatable bonds is 4. The fourth-order valence-corrected chi connectivity index (χ4v) is 1.45. The van der Waals surface area contributed by atoms with Gasteiger partial charge in [-0.3, -0.25) is 0 Å². The van der Waals surface area contributed by atoms with Crippen molar-refractivity contribution in [1.82, 2.24) is 0 Å². The van der Waals surface area contributed by atoms with Crippen LogP contribution in [-0.2, 0) is 9.13 Å². The highest BCUT2D eigenvalue weighted by Gasteiger charge is 1.98. The number of hydrogen-bond donors (Lipinski definition) is 2. The van der Waals surface area contributed by atoms with E-state index in [0.29, 0.717) is 6.42 Å². The van der Waals surface area contributed by atoms with E-state index in [1.54, 1.807) is 0 Å². The van der Waals surface area contributed by atoms with Crippen LogP contribution in [0.2, 0.25) is 0 Å². The van der Waals surface area contributed by atoms with Crippen molar-refractivity contribution in [3.63, 3.8) is 0 Å². The van der Waals surface area contributed by atoms with Crippen LogP contribution >= 0.6 is 16.1 Å². The summed E-state index contributed by atoms with van der Waals surface area (Å²) in [5.74, 6) is 0. The second kappa shape index (κ2) is 5.07. The van der Waals surface area contributed by atoms with Crippen LogP contribution in [0.3, 0.4) is 0 Å². The standard InChI is InChI=1S/C3H8O4P2/c4-8(5)2-1-3-9(6)7/h4-5H,1-3H2. The van der Waals surface area contributed by atoms with E-state index in [1.165, 1.54) is 0 Å². The predicted molar refractivity (Wildman–Crippen MR) is 34.0 cm³/mol. The maximum atomic E-state index is 9.86. The van der Waals surface area contributed by atoms with Crippen molar-refractivity contribution >= 4 is 16.1 Å². The lowest BCUT2D eigenvalue weighted by molar-refractivity contribution is 0.481. The van der Waals surface area contributed by atoms with E-state index in [-0.39, 0.29) is 12.3 Å². The van der Waals surface area contributed by atoms with Gasteiger partial charge in [-0.25, -0.2) is 9.13 Å². The quantitative estimate of drug-likeness (QED) is 0.613. The molecule has 2 N–H and O–H groups in total. The molecule has 0 aliphatic heterocycles. The van der Waals surface area contributed by atoms with E-state index in [4.69, 9.17) is 9.79 Å². The molecule has 0 aliphatic rings. The van der Waals surface area contributed by atoms with Crippen molar-refractivity contribution in [2.75, 3.05) is 12.3 Å². The molecule has 6 heteroatoms. The smallest absolute Gasteiger partial charge is 0.315 e. The average molecular weight is 170 g/mol. The largest absolute Gasteiger partial charge is 0.350 e. The van der Waals surface area contributed by atoms with E-state index in [9.17, 15) is 9.13 Å². The molecule has 0 aromatic carbocycles. The van der Waals surface area contributed by atoms with Crippen LogP contribution in [0.1, 0.15) is 6.42 Å². The molecule has 0 aromatic rings. The molecule has 0 amide bonds. The van der Waals surface area contributed by atoms with Gasteiger partial charge in [0.25, 0.3) is 0 Å². The van der Waals surface area contributed by atoms with Crippen LogP contribution in [0.4, 0.5) is 0 Å². The van der Waals surface area contributed by atoms with Crippen molar-refractivity contribution in [3.05, 3.63) is 0 Å². The highest BCUT2D eigenvalue weighted by molar-refractivity contribution is 7.45. The summed E-state index contributed by atoms with van der Waals surface area (Å²) in [6, 6.07) is 0. The first-order chi connectivity index (χ1) is 4.13. The zero-order chi connectivity index (χ0) is 7.28. The molecule has 0 fully saturated rings. The zero-order valence-corrected chi connectivity index (χ0v) is 6.52. The lowest BCUT2D eigenvalue weighted by atomic mass is 10.6. The van der Waals surface area contributed by atoms with Gasteiger partial charge >= 0.3 is 7.68 Å². The van der Waals surface area contributed by atoms with E-state index in [2.05, 4.69) is 0 Å². The Morgan fingerprint density at radius 3 is 2.00 bits per heavy atom. The summed E-state index contributed by atoms with van der Waals surface area (Å²) in [7, 11) is -4.24. The Hall–Kier alpha value is 0.250. The Labute approximate surface area is 54.6 Å². The third-order valence-electron chi connectivity index (χ3n) is 0.699. The summed E-state index contributed by atoms with van der Waals surface area (Å²) in [4.78, 5) is 16.6. The van der Waals surface area contributed by atoms with Crippen LogP contribution < -0.4 is 0 Å². The van der Waals surface area contributed by atoms with Crippen LogP contribution in [-0.4, -0.2) is 22.1 Å². The Balaban J connectivity index is 3.10. The molecule has 0 unspecified atom stereocenters. The molecule has 0 atom stereocenters. The molecule has 0 spiro atoms. The molecular formula is C3H8O4P2. The third-order valence-corrected chi connectivity index (χ3v) is 2.10. The van der Waals surface area contributed by atoms with E-state index < -0.39 is 16.1 Å². The maximum Gasteiger partial charge on any atom is 0.315 e. The SMILES string of the molecule is O=P(=O)CCCP(O)O. The van der Waals surface area contributed by atoms with Gasteiger partial charge in [0.15, 0.2) is 8.38 Å². The summed E-state index contributed by atoms with van der Waals surface area (Å²) in [5.41, 5.74) is 0. The minimum absolute atomic E-state index is 0.0509. The lowest BCUT2D eigenvalue weighted by Gasteiger charge is -1.95. The van der Waals surface area contributed by atoms with Crippen LogP contribution in [0.15, 0.2) is 0 Å². The van der Waals surface area contributed by atoms with Crippen molar-refractivity contribution in [1.29, 1.82) is 0 Å². The Morgan fingerprint density at radius 2 is 1.67 bits per heavy atom. The summed E-state index contributed by atoms with van der Waals surface area (Å²) >= 11 is 0. The lowest BCUT2D eigenvalue weighted by Crippen LogP contribution is -1.83. The van der Waals surface area contributed by atoms with Gasteiger partial charge in [-0.1, -0.05) is 0 Å². The van der Waals surface area contributed by atoms with Crippen molar-refractivity contribution in [2.45, 2.75) is 6.42 Å². The number of hydrogen-bond acceptors (Lipinski definition) is 4. The average Bonchev–Trinajstić information content (AvgIpc) is 1.63. The van der Waals surface area contributed by atoms with E-state index in [1.807, 2.05) is 0 Å². The molecule has 0 radical (unpaired) electrons. The zero-order valence-electron chi connectivity index (χ0n) is 4.73. The fraction of sp³-hybridized carbons (Fsp3) is 1.00. The Morgan fingerprint density at radius 1 is 1.11 bits per heavy atom. The predicted octanol–water partition coefficient (Wildman–Crippen LogP) is 0.846. The van der Waals surface area contributed by atoms with Crippen LogP contribution in [0.5, 0.6) is 0 Å². The monoisotopic (exact) mass is 170 g/mol. The molecule has 0 bridgehead atoms. The molecule has 0 aromatic heterocycles. The molecule has 9 heavy (non-hydrogen) atoms. The maximum absolute atomic E-state index is 9.86. The van der Waals surface area contributed by atoms with Crippen molar-refractivity contribution in [3.8, 4) is 0 Å². The molecule has 0 saturated heterocycles. The third kappa shape index (κ3) is 8.25. The summed E-state index contributed by atoms with van der Waals surface area (Å²) in [5, 5.41) is 0. The van der Waals surface area contributed by atoms with E-state index >= 15 is 0 Å². The van der Waals surface area contributed by atoms with Gasteiger partial charge in [0.1, 0.15) is 0 Å². The first-order valence-corrected chi connectivity index (χ1v) is 5.19. The second-order valence-corrected chi connectivity index (χ2v) is 3.81. The first kappa shape index (κ1) is 9.25. The van der Waals surface area contributed by atoms with Gasteiger partial charge < -0.3 is 9.79 Å². The molecule has 4 nitrogen and oxygen atoms in total. The van der Waals surface area contributed by atoms with Gasteiger partial charge in [0, 0.05) is 6.16 Å². The highest BCUT2D eigenvalue weighted by atomic mass is 31.2. The molecule has 0 aliphatic carbocycles. The Kier molecular flexibility index (Phi) is 5.21. The molecular weight excluding hydrogens is 162 g/mol. The van der Waals surface area contributed by atoms with E-state index in [0.717, 1.165) is 0 Å². The molecule has 0 saturated carbocycles. The fourth-order valence-electron chi connectivity index (χ4n) is 0.341. The van der Waals surface area contributed by atoms with Gasteiger partial charge in [0.2, 0.25) is 0 Å². The topological polar surface area (TPSA) is 74.6 Å². The summed E-state index contributed by atoms with van der Waals surface area (Å²) < 4.78 is 19.7. The Bertz CT molecular complexity index is 122. The normalized spacial score (nSPS) is 10.1. The minimum atomic E-state index is -2.34. The highest BCUT2D eigenvalue weighted by Crippen LogP contribution is 2.24. The van der Waals surface area contributed by atoms with Crippen LogP contribution in [0, 0.1) is 0 Å². The minimum Gasteiger partial charge on any atom is -0.350 e. The van der Waals surface area contributed by atoms with Crippen LogP contribution in [0.25, 0.3) is 0 Å². The second-order valence-electron chi connectivity index (χ2n) is 1.51. The molecule has 0 rings (SSSR count). The first-order valence-electron chi connectivity index (χ1n) is 2.40. The van der Waals surface area contributed by atoms with Gasteiger partial charge in [-0.05, 0) is 6.42 Å². The summed E-state index contributed by atoms with van der Waals surface area (Å²) in [6.45, 7) is 0. The van der Waals surface area contributed by atoms with Gasteiger partial charge in [-0.15, -0.1) is 0 Å². The van der Waals surface area contributed by atoms with Gasteiger partial charge in [-0.2, -0.15) is 0 Å². The molecule has 0 heterocycles.